The fourth-order valence-corrected chi connectivity index (χ4v) is 3.59. The molecule has 116 valence electrons. The highest BCUT2D eigenvalue weighted by atomic mass is 35.5. The van der Waals surface area contributed by atoms with Gasteiger partial charge in [-0.2, -0.15) is 0 Å². The number of aromatic nitrogens is 2. The standard InChI is InChI=1S/C19H17ClN2S/c1-14-19(20)18(23-12-10-15-7-3-2-4-8-15)13-17(22-14)16-9-5-6-11-21-16/h2-9,11,13H,10,12H2,1H3. The monoisotopic (exact) mass is 340 g/mol. The molecule has 4 heteroatoms. The fourth-order valence-electron chi connectivity index (χ4n) is 2.30. The Morgan fingerprint density at radius 1 is 1.00 bits per heavy atom. The Morgan fingerprint density at radius 3 is 2.52 bits per heavy atom. The summed E-state index contributed by atoms with van der Waals surface area (Å²) in [6.45, 7) is 1.94. The first-order valence-corrected chi connectivity index (χ1v) is 8.85. The van der Waals surface area contributed by atoms with Crippen molar-refractivity contribution in [1.29, 1.82) is 0 Å². The fraction of sp³-hybridized carbons (Fsp3) is 0.158. The lowest BCUT2D eigenvalue weighted by Gasteiger charge is -2.09. The molecule has 0 aliphatic rings. The third-order valence-corrected chi connectivity index (χ3v) is 5.14. The van der Waals surface area contributed by atoms with Gasteiger partial charge in [-0.15, -0.1) is 11.8 Å². The molecule has 23 heavy (non-hydrogen) atoms. The first-order valence-electron chi connectivity index (χ1n) is 7.49. The van der Waals surface area contributed by atoms with E-state index in [4.69, 9.17) is 11.6 Å². The quantitative estimate of drug-likeness (QED) is 0.578. The summed E-state index contributed by atoms with van der Waals surface area (Å²) in [7, 11) is 0. The summed E-state index contributed by atoms with van der Waals surface area (Å²) < 4.78 is 0. The van der Waals surface area contributed by atoms with Gasteiger partial charge in [0, 0.05) is 16.8 Å². The van der Waals surface area contributed by atoms with E-state index in [1.54, 1.807) is 18.0 Å². The number of rotatable bonds is 5. The lowest BCUT2D eigenvalue weighted by molar-refractivity contribution is 1.13. The Balaban J connectivity index is 1.77. The molecular formula is C19H17ClN2S. The van der Waals surface area contributed by atoms with Gasteiger partial charge in [0.25, 0.3) is 0 Å². The first-order chi connectivity index (χ1) is 11.2. The summed E-state index contributed by atoms with van der Waals surface area (Å²) in [5.74, 6) is 0.981. The third-order valence-electron chi connectivity index (χ3n) is 3.51. The van der Waals surface area contributed by atoms with E-state index in [1.807, 2.05) is 37.3 Å². The second-order valence-electron chi connectivity index (χ2n) is 5.20. The van der Waals surface area contributed by atoms with E-state index in [1.165, 1.54) is 5.56 Å². The van der Waals surface area contributed by atoms with Crippen LogP contribution in [0.3, 0.4) is 0 Å². The van der Waals surface area contributed by atoms with E-state index in [9.17, 15) is 0 Å². The lowest BCUT2D eigenvalue weighted by Crippen LogP contribution is -1.94. The first kappa shape index (κ1) is 16.0. The minimum Gasteiger partial charge on any atom is -0.255 e. The number of thioether (sulfide) groups is 1. The second-order valence-corrected chi connectivity index (χ2v) is 6.72. The summed E-state index contributed by atoms with van der Waals surface area (Å²) in [4.78, 5) is 10.0. The number of pyridine rings is 2. The number of hydrogen-bond donors (Lipinski definition) is 0. The zero-order valence-corrected chi connectivity index (χ0v) is 14.4. The molecular weight excluding hydrogens is 324 g/mol. The van der Waals surface area contributed by atoms with Crippen LogP contribution < -0.4 is 0 Å². The number of nitrogens with zero attached hydrogens (tertiary/aromatic N) is 2. The molecule has 0 saturated heterocycles. The van der Waals surface area contributed by atoms with E-state index in [0.717, 1.165) is 39.2 Å². The Labute approximate surface area is 146 Å². The van der Waals surface area contributed by atoms with Gasteiger partial charge in [-0.25, -0.2) is 4.98 Å². The van der Waals surface area contributed by atoms with Gasteiger partial charge in [-0.05, 0) is 37.1 Å². The molecule has 0 saturated carbocycles. The van der Waals surface area contributed by atoms with Gasteiger partial charge < -0.3 is 0 Å². The van der Waals surface area contributed by atoms with Crippen molar-refractivity contribution in [3.8, 4) is 11.4 Å². The van der Waals surface area contributed by atoms with Gasteiger partial charge in [0.2, 0.25) is 0 Å². The molecule has 1 aromatic carbocycles. The van der Waals surface area contributed by atoms with Crippen molar-refractivity contribution < 1.29 is 0 Å². The second kappa shape index (κ2) is 7.62. The molecule has 0 aliphatic heterocycles. The van der Waals surface area contributed by atoms with Crippen LogP contribution in [0.2, 0.25) is 5.02 Å². The molecule has 3 rings (SSSR count). The van der Waals surface area contributed by atoms with E-state index in [0.29, 0.717) is 0 Å². The van der Waals surface area contributed by atoms with Crippen molar-refractivity contribution in [2.24, 2.45) is 0 Å². The molecule has 2 aromatic heterocycles. The van der Waals surface area contributed by atoms with E-state index in [-0.39, 0.29) is 0 Å². The molecule has 0 spiro atoms. The maximum absolute atomic E-state index is 6.43. The van der Waals surface area contributed by atoms with Crippen molar-refractivity contribution in [2.75, 3.05) is 5.75 Å². The summed E-state index contributed by atoms with van der Waals surface area (Å²) in [6.07, 6.45) is 2.80. The summed E-state index contributed by atoms with van der Waals surface area (Å²) in [6, 6.07) is 18.4. The summed E-state index contributed by atoms with van der Waals surface area (Å²) >= 11 is 8.20. The molecule has 0 N–H and O–H groups in total. The molecule has 0 bridgehead atoms. The smallest absolute Gasteiger partial charge is 0.0901 e. The largest absolute Gasteiger partial charge is 0.255 e. The van der Waals surface area contributed by atoms with Crippen molar-refractivity contribution in [2.45, 2.75) is 18.2 Å². The van der Waals surface area contributed by atoms with Crippen LogP contribution in [-0.4, -0.2) is 15.7 Å². The number of hydrogen-bond acceptors (Lipinski definition) is 3. The average Bonchev–Trinajstić information content (AvgIpc) is 2.60. The van der Waals surface area contributed by atoms with E-state index < -0.39 is 0 Å². The molecule has 2 heterocycles. The third kappa shape index (κ3) is 4.12. The average molecular weight is 341 g/mol. The van der Waals surface area contributed by atoms with E-state index in [2.05, 4.69) is 34.2 Å². The molecule has 2 nitrogen and oxygen atoms in total. The topological polar surface area (TPSA) is 25.8 Å². The normalized spacial score (nSPS) is 10.7. The highest BCUT2D eigenvalue weighted by Crippen LogP contribution is 2.32. The minimum atomic E-state index is 0.739. The van der Waals surface area contributed by atoms with Crippen molar-refractivity contribution in [3.63, 3.8) is 0 Å². The van der Waals surface area contributed by atoms with Crippen LogP contribution in [-0.2, 0) is 6.42 Å². The number of aryl methyl sites for hydroxylation is 2. The molecule has 3 aromatic rings. The van der Waals surface area contributed by atoms with Crippen molar-refractivity contribution in [1.82, 2.24) is 9.97 Å². The maximum atomic E-state index is 6.43. The molecule has 0 atom stereocenters. The van der Waals surface area contributed by atoms with Gasteiger partial charge in [0.1, 0.15) is 0 Å². The number of benzene rings is 1. The van der Waals surface area contributed by atoms with Crippen LogP contribution >= 0.6 is 23.4 Å². The predicted molar refractivity (Wildman–Crippen MR) is 98.1 cm³/mol. The van der Waals surface area contributed by atoms with Crippen LogP contribution in [0.4, 0.5) is 0 Å². The SMILES string of the molecule is Cc1nc(-c2ccccn2)cc(SCCc2ccccc2)c1Cl. The highest BCUT2D eigenvalue weighted by Gasteiger charge is 2.10. The van der Waals surface area contributed by atoms with Gasteiger partial charge in [0.05, 0.1) is 22.1 Å². The van der Waals surface area contributed by atoms with Crippen LogP contribution in [0.25, 0.3) is 11.4 Å². The van der Waals surface area contributed by atoms with Gasteiger partial charge in [-0.1, -0.05) is 48.0 Å². The van der Waals surface area contributed by atoms with Gasteiger partial charge in [0.15, 0.2) is 0 Å². The van der Waals surface area contributed by atoms with Crippen LogP contribution in [0.1, 0.15) is 11.3 Å². The van der Waals surface area contributed by atoms with E-state index >= 15 is 0 Å². The Bertz CT molecular complexity index is 776. The number of halogens is 1. The highest BCUT2D eigenvalue weighted by molar-refractivity contribution is 7.99. The van der Waals surface area contributed by atoms with Crippen molar-refractivity contribution in [3.05, 3.63) is 77.1 Å². The zero-order chi connectivity index (χ0) is 16.1. The minimum absolute atomic E-state index is 0.739. The Hall–Kier alpha value is -1.84. The predicted octanol–water partition coefficient (Wildman–Crippen LogP) is 5.44. The molecule has 0 radical (unpaired) electrons. The lowest BCUT2D eigenvalue weighted by atomic mass is 10.2. The zero-order valence-electron chi connectivity index (χ0n) is 12.9. The summed E-state index contributed by atoms with van der Waals surface area (Å²) in [5, 5.41) is 0.739. The Morgan fingerprint density at radius 2 is 1.78 bits per heavy atom. The van der Waals surface area contributed by atoms with Crippen molar-refractivity contribution >= 4 is 23.4 Å². The summed E-state index contributed by atoms with van der Waals surface area (Å²) in [5.41, 5.74) is 3.93. The van der Waals surface area contributed by atoms with Crippen LogP contribution in [0.15, 0.2) is 65.7 Å². The maximum Gasteiger partial charge on any atom is 0.0901 e. The van der Waals surface area contributed by atoms with Crippen LogP contribution in [0, 0.1) is 6.92 Å². The molecule has 0 fully saturated rings. The molecule has 0 unspecified atom stereocenters. The Kier molecular flexibility index (Phi) is 5.31. The van der Waals surface area contributed by atoms with Crippen LogP contribution in [0.5, 0.6) is 0 Å². The molecule has 0 aliphatic carbocycles. The molecule has 0 amide bonds. The van der Waals surface area contributed by atoms with Gasteiger partial charge in [-0.3, -0.25) is 4.98 Å². The van der Waals surface area contributed by atoms with Gasteiger partial charge >= 0.3 is 0 Å².